The predicted molar refractivity (Wildman–Crippen MR) is 162 cm³/mol. The van der Waals surface area contributed by atoms with Crippen molar-refractivity contribution in [3.63, 3.8) is 0 Å². The summed E-state index contributed by atoms with van der Waals surface area (Å²) in [5.74, 6) is 1.01. The fraction of sp³-hybridized carbons (Fsp3) is 0.457. The highest BCUT2D eigenvalue weighted by Gasteiger charge is 2.35. The number of carbonyl (C=O) groups is 1. The lowest BCUT2D eigenvalue weighted by Gasteiger charge is -2.39. The van der Waals surface area contributed by atoms with Gasteiger partial charge in [0.05, 0.1) is 39.1 Å². The molecule has 2 atom stereocenters. The minimum Gasteiger partial charge on any atom is -0.494 e. The molecule has 1 saturated heterocycles. The molecule has 0 N–H and O–H groups in total. The third-order valence-corrected chi connectivity index (χ3v) is 7.29. The Bertz CT molecular complexity index is 1240. The van der Waals surface area contributed by atoms with Crippen molar-refractivity contribution in [1.29, 1.82) is 0 Å². The topological polar surface area (TPSA) is 57.2 Å². The molecule has 1 fully saturated rings. The number of rotatable bonds is 11. The highest BCUT2D eigenvalue weighted by atomic mass is 16.6. The smallest absolute Gasteiger partial charge is 0.410 e. The van der Waals surface area contributed by atoms with Crippen LogP contribution in [0.5, 0.6) is 5.75 Å². The monoisotopic (exact) mass is 559 g/mol. The van der Waals surface area contributed by atoms with Crippen LogP contribution >= 0.6 is 0 Å². The van der Waals surface area contributed by atoms with E-state index >= 15 is 0 Å². The quantitative estimate of drug-likeness (QED) is 0.227. The Balaban J connectivity index is 1.34. The largest absolute Gasteiger partial charge is 0.494 e. The zero-order valence-corrected chi connectivity index (χ0v) is 25.2. The van der Waals surface area contributed by atoms with Crippen LogP contribution < -0.4 is 4.74 Å². The molecule has 0 bridgehead atoms. The van der Waals surface area contributed by atoms with E-state index in [-0.39, 0.29) is 18.1 Å². The zero-order chi connectivity index (χ0) is 29.2. The first-order chi connectivity index (χ1) is 19.7. The number of aryl methyl sites for hydroxylation is 2. The number of hydrogen-bond donors (Lipinski definition) is 0. The van der Waals surface area contributed by atoms with Gasteiger partial charge in [-0.2, -0.15) is 0 Å². The van der Waals surface area contributed by atoms with Gasteiger partial charge in [0, 0.05) is 18.9 Å². The van der Waals surface area contributed by atoms with E-state index in [9.17, 15) is 4.79 Å². The standard InChI is InChI=1S/C35H45NO5/c1-26-12-13-27(2)30(22-26)25-40-33-23-36(34(37)41-35(3,4)5)19-18-32(33)29-14-16-31(17-15-29)39-21-9-20-38-24-28-10-7-6-8-11-28/h6-8,10-17,22,32-33H,9,18-21,23-25H2,1-5H3. The second-order valence-corrected chi connectivity index (χ2v) is 11.9. The molecule has 1 amide bonds. The van der Waals surface area contributed by atoms with Crippen LogP contribution in [0.3, 0.4) is 0 Å². The van der Waals surface area contributed by atoms with E-state index in [2.05, 4.69) is 56.3 Å². The maximum absolute atomic E-state index is 12.9. The molecule has 6 heteroatoms. The van der Waals surface area contributed by atoms with Gasteiger partial charge in [-0.1, -0.05) is 66.2 Å². The van der Waals surface area contributed by atoms with Crippen molar-refractivity contribution in [3.8, 4) is 5.75 Å². The molecular weight excluding hydrogens is 514 g/mol. The lowest BCUT2D eigenvalue weighted by atomic mass is 9.87. The number of ether oxygens (including phenoxy) is 4. The number of likely N-dealkylation sites (tertiary alicyclic amines) is 1. The third-order valence-electron chi connectivity index (χ3n) is 7.29. The van der Waals surface area contributed by atoms with Crippen molar-refractivity contribution >= 4 is 6.09 Å². The van der Waals surface area contributed by atoms with Gasteiger partial charge < -0.3 is 23.8 Å². The molecule has 2 unspecified atom stereocenters. The van der Waals surface area contributed by atoms with E-state index in [1.54, 1.807) is 4.90 Å². The Morgan fingerprint density at radius 2 is 1.68 bits per heavy atom. The number of nitrogens with zero attached hydrogens (tertiary/aromatic N) is 1. The number of hydrogen-bond acceptors (Lipinski definition) is 5. The van der Waals surface area contributed by atoms with Crippen molar-refractivity contribution in [2.75, 3.05) is 26.3 Å². The molecule has 3 aromatic rings. The number of benzene rings is 3. The van der Waals surface area contributed by atoms with Crippen LogP contribution in [-0.2, 0) is 27.4 Å². The lowest BCUT2D eigenvalue weighted by Crippen LogP contribution is -2.48. The van der Waals surface area contributed by atoms with Crippen LogP contribution in [0.1, 0.15) is 67.3 Å². The summed E-state index contributed by atoms with van der Waals surface area (Å²) < 4.78 is 24.0. The van der Waals surface area contributed by atoms with Gasteiger partial charge in [-0.05, 0) is 75.4 Å². The number of amides is 1. The average Bonchev–Trinajstić information content (AvgIpc) is 2.95. The Morgan fingerprint density at radius 3 is 2.41 bits per heavy atom. The van der Waals surface area contributed by atoms with Crippen LogP contribution in [0, 0.1) is 13.8 Å². The number of carbonyl (C=O) groups excluding carboxylic acids is 1. The van der Waals surface area contributed by atoms with Gasteiger partial charge in [0.1, 0.15) is 11.4 Å². The van der Waals surface area contributed by atoms with Crippen LogP contribution in [0.15, 0.2) is 72.8 Å². The predicted octanol–water partition coefficient (Wildman–Crippen LogP) is 7.60. The molecule has 1 heterocycles. The molecule has 0 radical (unpaired) electrons. The van der Waals surface area contributed by atoms with Gasteiger partial charge in [0.2, 0.25) is 0 Å². The summed E-state index contributed by atoms with van der Waals surface area (Å²) >= 11 is 0. The molecule has 3 aromatic carbocycles. The van der Waals surface area contributed by atoms with Gasteiger partial charge in [-0.25, -0.2) is 4.79 Å². The summed E-state index contributed by atoms with van der Waals surface area (Å²) in [6, 6.07) is 24.9. The highest BCUT2D eigenvalue weighted by Crippen LogP contribution is 2.33. The maximum atomic E-state index is 12.9. The molecule has 0 spiro atoms. The first-order valence-corrected chi connectivity index (χ1v) is 14.7. The molecule has 41 heavy (non-hydrogen) atoms. The number of piperidine rings is 1. The second-order valence-electron chi connectivity index (χ2n) is 11.9. The maximum Gasteiger partial charge on any atom is 0.410 e. The van der Waals surface area contributed by atoms with Gasteiger partial charge in [0.15, 0.2) is 0 Å². The van der Waals surface area contributed by atoms with Crippen LogP contribution in [0.25, 0.3) is 0 Å². The molecule has 0 saturated carbocycles. The van der Waals surface area contributed by atoms with E-state index in [0.29, 0.717) is 39.5 Å². The molecule has 4 rings (SSSR count). The lowest BCUT2D eigenvalue weighted by molar-refractivity contribution is -0.0361. The van der Waals surface area contributed by atoms with Crippen molar-refractivity contribution in [3.05, 3.63) is 101 Å². The van der Waals surface area contributed by atoms with E-state index in [1.807, 2.05) is 51.1 Å². The SMILES string of the molecule is Cc1ccc(C)c(COC2CN(C(=O)OC(C)(C)C)CCC2c2ccc(OCCCOCc3ccccc3)cc2)c1. The van der Waals surface area contributed by atoms with Crippen molar-refractivity contribution in [2.24, 2.45) is 0 Å². The Hall–Kier alpha value is -3.35. The molecule has 1 aliphatic rings. The van der Waals surface area contributed by atoms with E-state index in [4.69, 9.17) is 18.9 Å². The summed E-state index contributed by atoms with van der Waals surface area (Å²) in [6.45, 7) is 13.4. The first kappa shape index (κ1) is 30.6. The second kappa shape index (κ2) is 14.5. The van der Waals surface area contributed by atoms with E-state index in [0.717, 1.165) is 18.6 Å². The molecule has 6 nitrogen and oxygen atoms in total. The van der Waals surface area contributed by atoms with Crippen LogP contribution in [-0.4, -0.2) is 49.0 Å². The minimum atomic E-state index is -0.535. The van der Waals surface area contributed by atoms with Crippen LogP contribution in [0.2, 0.25) is 0 Å². The summed E-state index contributed by atoms with van der Waals surface area (Å²) in [5, 5.41) is 0. The van der Waals surface area contributed by atoms with Gasteiger partial charge >= 0.3 is 6.09 Å². The highest BCUT2D eigenvalue weighted by molar-refractivity contribution is 5.68. The van der Waals surface area contributed by atoms with E-state index in [1.165, 1.54) is 27.8 Å². The Morgan fingerprint density at radius 1 is 0.927 bits per heavy atom. The van der Waals surface area contributed by atoms with E-state index < -0.39 is 5.60 Å². The molecular formula is C35H45NO5. The zero-order valence-electron chi connectivity index (χ0n) is 25.2. The normalized spacial score (nSPS) is 17.3. The molecule has 0 aromatic heterocycles. The van der Waals surface area contributed by atoms with Crippen LogP contribution in [0.4, 0.5) is 4.79 Å². The van der Waals surface area contributed by atoms with Gasteiger partial charge in [-0.3, -0.25) is 0 Å². The van der Waals surface area contributed by atoms with Gasteiger partial charge in [-0.15, -0.1) is 0 Å². The minimum absolute atomic E-state index is 0.148. The Kier molecular flexibility index (Phi) is 10.8. The average molecular weight is 560 g/mol. The third kappa shape index (κ3) is 9.61. The van der Waals surface area contributed by atoms with Gasteiger partial charge in [0.25, 0.3) is 0 Å². The summed E-state index contributed by atoms with van der Waals surface area (Å²) in [6.07, 6.45) is 1.19. The van der Waals surface area contributed by atoms with Crippen molar-refractivity contribution in [1.82, 2.24) is 4.90 Å². The summed E-state index contributed by atoms with van der Waals surface area (Å²) in [5.41, 5.74) is 5.43. The molecule has 220 valence electrons. The van der Waals surface area contributed by atoms with Crippen molar-refractivity contribution in [2.45, 2.75) is 78.3 Å². The molecule has 1 aliphatic heterocycles. The summed E-state index contributed by atoms with van der Waals surface area (Å²) in [4.78, 5) is 14.7. The first-order valence-electron chi connectivity index (χ1n) is 14.7. The Labute approximate surface area is 245 Å². The fourth-order valence-electron chi connectivity index (χ4n) is 5.04. The summed E-state index contributed by atoms with van der Waals surface area (Å²) in [7, 11) is 0. The van der Waals surface area contributed by atoms with Crippen molar-refractivity contribution < 1.29 is 23.7 Å². The molecule has 0 aliphatic carbocycles. The fourth-order valence-corrected chi connectivity index (χ4v) is 5.04.